The van der Waals surface area contributed by atoms with E-state index < -0.39 is 5.60 Å². The summed E-state index contributed by atoms with van der Waals surface area (Å²) < 4.78 is 14.3. The summed E-state index contributed by atoms with van der Waals surface area (Å²) in [4.78, 5) is 13.1. The van der Waals surface area contributed by atoms with Crippen molar-refractivity contribution in [3.63, 3.8) is 0 Å². The molecule has 0 atom stereocenters. The molecule has 0 heterocycles. The van der Waals surface area contributed by atoms with Gasteiger partial charge in [0.25, 0.3) is 5.91 Å². The highest BCUT2D eigenvalue weighted by molar-refractivity contribution is 9.10. The Balaban J connectivity index is 2.65. The third-order valence-electron chi connectivity index (χ3n) is 2.59. The molecule has 0 saturated carbocycles. The van der Waals surface area contributed by atoms with E-state index in [4.69, 9.17) is 0 Å². The van der Waals surface area contributed by atoms with E-state index in [2.05, 4.69) is 15.9 Å². The van der Waals surface area contributed by atoms with Crippen LogP contribution in [0.2, 0.25) is 0 Å². The van der Waals surface area contributed by atoms with E-state index >= 15 is 0 Å². The number of carbonyl (C=O) groups excluding carboxylic acids is 1. The van der Waals surface area contributed by atoms with Crippen LogP contribution in [0.25, 0.3) is 0 Å². The quantitative estimate of drug-likeness (QED) is 0.926. The average molecular weight is 318 g/mol. The van der Waals surface area contributed by atoms with E-state index in [0.717, 1.165) is 4.47 Å². The van der Waals surface area contributed by atoms with Crippen molar-refractivity contribution in [1.82, 2.24) is 4.90 Å². The van der Waals surface area contributed by atoms with Crippen LogP contribution in [-0.2, 0) is 11.2 Å². The first-order chi connectivity index (χ1) is 8.21. The van der Waals surface area contributed by atoms with E-state index in [0.29, 0.717) is 18.5 Å². The van der Waals surface area contributed by atoms with Gasteiger partial charge in [-0.15, -0.1) is 0 Å². The average Bonchev–Trinajstić information content (AvgIpc) is 2.27. The van der Waals surface area contributed by atoms with E-state index in [9.17, 15) is 14.3 Å². The molecule has 1 aromatic rings. The third kappa shape index (κ3) is 4.07. The molecule has 5 heteroatoms. The number of hydrogen-bond acceptors (Lipinski definition) is 2. The van der Waals surface area contributed by atoms with E-state index in [1.807, 2.05) is 0 Å². The summed E-state index contributed by atoms with van der Waals surface area (Å²) in [5.74, 6) is -0.666. The summed E-state index contributed by atoms with van der Waals surface area (Å²) in [5, 5.41) is 9.58. The number of benzene rings is 1. The van der Waals surface area contributed by atoms with Crippen LogP contribution in [0.5, 0.6) is 0 Å². The SMILES string of the molecule is CN(CCc1cc(Br)ccc1F)C(=O)C(C)(C)O. The van der Waals surface area contributed by atoms with Crippen LogP contribution in [0.3, 0.4) is 0 Å². The molecule has 0 aliphatic carbocycles. The molecule has 100 valence electrons. The van der Waals surface area contributed by atoms with Gasteiger partial charge in [-0.2, -0.15) is 0 Å². The van der Waals surface area contributed by atoms with Gasteiger partial charge in [-0.3, -0.25) is 4.79 Å². The molecule has 0 aromatic heterocycles. The van der Waals surface area contributed by atoms with Gasteiger partial charge >= 0.3 is 0 Å². The highest BCUT2D eigenvalue weighted by Gasteiger charge is 2.27. The number of rotatable bonds is 4. The minimum atomic E-state index is -1.40. The Morgan fingerprint density at radius 3 is 2.67 bits per heavy atom. The van der Waals surface area contributed by atoms with E-state index in [1.54, 1.807) is 19.2 Å². The second-order valence-corrected chi connectivity index (χ2v) is 5.69. The lowest BCUT2D eigenvalue weighted by Crippen LogP contribution is -2.43. The Bertz CT molecular complexity index is 443. The molecule has 0 fully saturated rings. The zero-order valence-electron chi connectivity index (χ0n) is 10.7. The lowest BCUT2D eigenvalue weighted by molar-refractivity contribution is -0.146. The Morgan fingerprint density at radius 2 is 2.11 bits per heavy atom. The van der Waals surface area contributed by atoms with Crippen molar-refractivity contribution in [2.24, 2.45) is 0 Å². The highest BCUT2D eigenvalue weighted by atomic mass is 79.9. The Kier molecular flexibility index (Phi) is 4.87. The molecule has 0 aliphatic heterocycles. The molecular weight excluding hydrogens is 301 g/mol. The number of nitrogens with zero attached hydrogens (tertiary/aromatic N) is 1. The molecular formula is C13H17BrFNO2. The van der Waals surface area contributed by atoms with Crippen LogP contribution in [0.15, 0.2) is 22.7 Å². The summed E-state index contributed by atoms with van der Waals surface area (Å²) in [5.41, 5.74) is -0.857. The molecule has 0 radical (unpaired) electrons. The van der Waals surface area contributed by atoms with Gasteiger partial charge in [0.1, 0.15) is 11.4 Å². The van der Waals surface area contributed by atoms with Crippen molar-refractivity contribution in [2.75, 3.05) is 13.6 Å². The van der Waals surface area contributed by atoms with Gasteiger partial charge in [-0.1, -0.05) is 15.9 Å². The second kappa shape index (κ2) is 5.80. The lowest BCUT2D eigenvalue weighted by Gasteiger charge is -2.25. The van der Waals surface area contributed by atoms with E-state index in [-0.39, 0.29) is 11.7 Å². The zero-order valence-corrected chi connectivity index (χ0v) is 12.3. The zero-order chi connectivity index (χ0) is 13.9. The number of likely N-dealkylation sites (N-methyl/N-ethyl adjacent to an activating group) is 1. The van der Waals surface area contributed by atoms with Gasteiger partial charge in [0.2, 0.25) is 0 Å². The summed E-state index contributed by atoms with van der Waals surface area (Å²) in [6.07, 6.45) is 0.406. The fourth-order valence-corrected chi connectivity index (χ4v) is 2.00. The normalized spacial score (nSPS) is 11.4. The number of carbonyl (C=O) groups is 1. The molecule has 0 aliphatic rings. The monoisotopic (exact) mass is 317 g/mol. The van der Waals surface area contributed by atoms with Crippen molar-refractivity contribution in [2.45, 2.75) is 25.9 Å². The molecule has 0 bridgehead atoms. The topological polar surface area (TPSA) is 40.5 Å². The van der Waals surface area contributed by atoms with Crippen LogP contribution < -0.4 is 0 Å². The van der Waals surface area contributed by atoms with Gasteiger partial charge in [0.05, 0.1) is 0 Å². The first-order valence-electron chi connectivity index (χ1n) is 5.63. The maximum Gasteiger partial charge on any atom is 0.253 e. The van der Waals surface area contributed by atoms with Crippen molar-refractivity contribution in [1.29, 1.82) is 0 Å². The smallest absolute Gasteiger partial charge is 0.253 e. The Morgan fingerprint density at radius 1 is 1.50 bits per heavy atom. The second-order valence-electron chi connectivity index (χ2n) is 4.77. The molecule has 18 heavy (non-hydrogen) atoms. The number of halogens is 2. The third-order valence-corrected chi connectivity index (χ3v) is 3.09. The van der Waals surface area contributed by atoms with Crippen molar-refractivity contribution in [3.8, 4) is 0 Å². The van der Waals surface area contributed by atoms with Gasteiger partial charge in [0, 0.05) is 18.1 Å². The molecule has 1 N–H and O–H groups in total. The number of amides is 1. The lowest BCUT2D eigenvalue weighted by atomic mass is 10.1. The largest absolute Gasteiger partial charge is 0.381 e. The number of hydrogen-bond donors (Lipinski definition) is 1. The summed E-state index contributed by atoms with van der Waals surface area (Å²) in [6, 6.07) is 4.71. The van der Waals surface area contributed by atoms with Crippen LogP contribution in [-0.4, -0.2) is 35.1 Å². The maximum atomic E-state index is 13.5. The summed E-state index contributed by atoms with van der Waals surface area (Å²) in [6.45, 7) is 3.23. The van der Waals surface area contributed by atoms with Crippen LogP contribution >= 0.6 is 15.9 Å². The van der Waals surface area contributed by atoms with Gasteiger partial charge in [-0.25, -0.2) is 4.39 Å². The van der Waals surface area contributed by atoms with Gasteiger partial charge in [-0.05, 0) is 44.0 Å². The minimum Gasteiger partial charge on any atom is -0.381 e. The molecule has 1 amide bonds. The molecule has 1 aromatic carbocycles. The predicted molar refractivity (Wildman–Crippen MR) is 71.7 cm³/mol. The van der Waals surface area contributed by atoms with Gasteiger partial charge in [0.15, 0.2) is 0 Å². The number of aliphatic hydroxyl groups is 1. The van der Waals surface area contributed by atoms with Crippen LogP contribution in [0, 0.1) is 5.82 Å². The van der Waals surface area contributed by atoms with Crippen LogP contribution in [0.4, 0.5) is 4.39 Å². The molecule has 1 rings (SSSR count). The van der Waals surface area contributed by atoms with Gasteiger partial charge < -0.3 is 10.0 Å². The molecule has 0 saturated heterocycles. The highest BCUT2D eigenvalue weighted by Crippen LogP contribution is 2.16. The first kappa shape index (κ1) is 15.1. The minimum absolute atomic E-state index is 0.290. The summed E-state index contributed by atoms with van der Waals surface area (Å²) in [7, 11) is 1.59. The molecule has 0 spiro atoms. The van der Waals surface area contributed by atoms with E-state index in [1.165, 1.54) is 24.8 Å². The van der Waals surface area contributed by atoms with Crippen molar-refractivity contribution in [3.05, 3.63) is 34.1 Å². The maximum absolute atomic E-state index is 13.5. The van der Waals surface area contributed by atoms with Crippen molar-refractivity contribution < 1.29 is 14.3 Å². The fraction of sp³-hybridized carbons (Fsp3) is 0.462. The van der Waals surface area contributed by atoms with Crippen molar-refractivity contribution >= 4 is 21.8 Å². The first-order valence-corrected chi connectivity index (χ1v) is 6.43. The summed E-state index contributed by atoms with van der Waals surface area (Å²) >= 11 is 3.28. The molecule has 0 unspecified atom stereocenters. The fourth-order valence-electron chi connectivity index (χ4n) is 1.59. The Labute approximate surface area is 115 Å². The van der Waals surface area contributed by atoms with Crippen LogP contribution in [0.1, 0.15) is 19.4 Å². The Hall–Kier alpha value is -0.940. The molecule has 3 nitrogen and oxygen atoms in total. The predicted octanol–water partition coefficient (Wildman–Crippen LogP) is 2.36. The standard InChI is InChI=1S/C13H17BrFNO2/c1-13(2,18)12(17)16(3)7-6-9-8-10(14)4-5-11(9)15/h4-5,8,18H,6-7H2,1-3H3.